The third-order valence-corrected chi connectivity index (χ3v) is 2.35. The maximum Gasteiger partial charge on any atom is 0.263 e. The molecule has 1 heterocycles. The first kappa shape index (κ1) is 12.5. The van der Waals surface area contributed by atoms with Gasteiger partial charge >= 0.3 is 0 Å². The lowest BCUT2D eigenvalue weighted by Crippen LogP contribution is -2.14. The first-order valence-electron chi connectivity index (χ1n) is 5.27. The number of nitriles is 1. The second kappa shape index (κ2) is 5.14. The molecular formula is C13H8FN3O2. The van der Waals surface area contributed by atoms with Crippen molar-refractivity contribution in [1.29, 1.82) is 5.26 Å². The number of nitrogens with one attached hydrogen (secondary N) is 1. The second-order valence-corrected chi connectivity index (χ2v) is 3.63. The average molecular weight is 257 g/mol. The summed E-state index contributed by atoms with van der Waals surface area (Å²) in [5, 5.41) is 20.4. The van der Waals surface area contributed by atoms with E-state index in [1.807, 2.05) is 6.07 Å². The van der Waals surface area contributed by atoms with Gasteiger partial charge in [0.1, 0.15) is 29.0 Å². The van der Waals surface area contributed by atoms with E-state index in [1.54, 1.807) is 0 Å². The number of anilines is 1. The van der Waals surface area contributed by atoms with Crippen molar-refractivity contribution in [3.8, 4) is 11.8 Å². The number of nitrogens with zero attached hydrogens (tertiary/aromatic N) is 2. The molecule has 0 unspecified atom stereocenters. The van der Waals surface area contributed by atoms with E-state index < -0.39 is 23.0 Å². The van der Waals surface area contributed by atoms with E-state index in [2.05, 4.69) is 10.3 Å². The number of amides is 1. The third kappa shape index (κ3) is 2.66. The molecule has 0 aliphatic rings. The molecule has 19 heavy (non-hydrogen) atoms. The first-order chi connectivity index (χ1) is 9.11. The topological polar surface area (TPSA) is 86.0 Å². The lowest BCUT2D eigenvalue weighted by atomic mass is 10.1. The Bertz CT molecular complexity index is 642. The lowest BCUT2D eigenvalue weighted by Gasteiger charge is -2.06. The molecule has 0 aliphatic carbocycles. The van der Waals surface area contributed by atoms with Gasteiger partial charge in [-0.15, -0.1) is 0 Å². The van der Waals surface area contributed by atoms with Crippen LogP contribution in [0.2, 0.25) is 0 Å². The minimum Gasteiger partial charge on any atom is -0.507 e. The number of aromatic hydroxyl groups is 1. The monoisotopic (exact) mass is 257 g/mol. The second-order valence-electron chi connectivity index (χ2n) is 3.63. The normalized spacial score (nSPS) is 9.68. The minimum atomic E-state index is -0.828. The van der Waals surface area contributed by atoms with Gasteiger partial charge in [0.25, 0.3) is 5.91 Å². The highest BCUT2D eigenvalue weighted by Crippen LogP contribution is 2.20. The van der Waals surface area contributed by atoms with Crippen molar-refractivity contribution in [1.82, 2.24) is 4.98 Å². The maximum absolute atomic E-state index is 13.4. The van der Waals surface area contributed by atoms with Gasteiger partial charge in [-0.05, 0) is 24.3 Å². The summed E-state index contributed by atoms with van der Waals surface area (Å²) in [5.41, 5.74) is -0.111. The largest absolute Gasteiger partial charge is 0.507 e. The van der Waals surface area contributed by atoms with Crippen LogP contribution in [0, 0.1) is 17.1 Å². The molecule has 0 atom stereocenters. The van der Waals surface area contributed by atoms with Crippen LogP contribution in [0.3, 0.4) is 0 Å². The molecule has 0 saturated carbocycles. The van der Waals surface area contributed by atoms with E-state index in [9.17, 15) is 14.3 Å². The van der Waals surface area contributed by atoms with Gasteiger partial charge in [-0.3, -0.25) is 4.79 Å². The van der Waals surface area contributed by atoms with Crippen molar-refractivity contribution in [2.75, 3.05) is 5.32 Å². The van der Waals surface area contributed by atoms with Crippen molar-refractivity contribution >= 4 is 11.7 Å². The maximum atomic E-state index is 13.4. The van der Waals surface area contributed by atoms with E-state index in [1.165, 1.54) is 30.5 Å². The highest BCUT2D eigenvalue weighted by molar-refractivity contribution is 6.05. The minimum absolute atomic E-state index is 0.159. The van der Waals surface area contributed by atoms with E-state index >= 15 is 0 Å². The lowest BCUT2D eigenvalue weighted by molar-refractivity contribution is 0.102. The van der Waals surface area contributed by atoms with Gasteiger partial charge < -0.3 is 10.4 Å². The van der Waals surface area contributed by atoms with Crippen LogP contribution in [-0.4, -0.2) is 16.0 Å². The van der Waals surface area contributed by atoms with Gasteiger partial charge in [0.05, 0.1) is 5.56 Å². The number of aromatic nitrogens is 1. The van der Waals surface area contributed by atoms with Crippen LogP contribution < -0.4 is 5.32 Å². The summed E-state index contributed by atoms with van der Waals surface area (Å²) >= 11 is 0. The number of pyridine rings is 1. The number of hydrogen-bond acceptors (Lipinski definition) is 4. The van der Waals surface area contributed by atoms with Gasteiger partial charge in [0, 0.05) is 6.20 Å². The van der Waals surface area contributed by atoms with Crippen molar-refractivity contribution in [2.45, 2.75) is 0 Å². The molecule has 5 nitrogen and oxygen atoms in total. The number of phenolic OH excluding ortho intramolecular Hbond substituents is 1. The Morgan fingerprint density at radius 1 is 1.37 bits per heavy atom. The zero-order valence-corrected chi connectivity index (χ0v) is 9.59. The van der Waals surface area contributed by atoms with Gasteiger partial charge in [0.15, 0.2) is 0 Å². The molecule has 94 valence electrons. The molecule has 1 aromatic carbocycles. The van der Waals surface area contributed by atoms with Crippen LogP contribution >= 0.6 is 0 Å². The van der Waals surface area contributed by atoms with Crippen molar-refractivity contribution in [2.24, 2.45) is 0 Å². The molecule has 0 radical (unpaired) electrons. The van der Waals surface area contributed by atoms with Gasteiger partial charge in [-0.2, -0.15) is 5.26 Å². The smallest absolute Gasteiger partial charge is 0.263 e. The molecule has 2 N–H and O–H groups in total. The van der Waals surface area contributed by atoms with Gasteiger partial charge in [-0.25, -0.2) is 9.37 Å². The predicted octanol–water partition coefficient (Wildman–Crippen LogP) is 2.05. The van der Waals surface area contributed by atoms with E-state index in [0.29, 0.717) is 5.56 Å². The Kier molecular flexibility index (Phi) is 3.39. The summed E-state index contributed by atoms with van der Waals surface area (Å²) in [6.45, 7) is 0. The number of hydrogen-bond donors (Lipinski definition) is 2. The summed E-state index contributed by atoms with van der Waals surface area (Å²) < 4.78 is 13.4. The molecule has 1 aromatic heterocycles. The molecule has 0 aliphatic heterocycles. The number of halogens is 1. The van der Waals surface area contributed by atoms with E-state index in [-0.39, 0.29) is 5.82 Å². The summed E-state index contributed by atoms with van der Waals surface area (Å²) in [6.07, 6.45) is 1.27. The Labute approximate surface area is 108 Å². The molecule has 0 saturated heterocycles. The van der Waals surface area contributed by atoms with Crippen LogP contribution in [0.1, 0.15) is 15.9 Å². The van der Waals surface area contributed by atoms with Crippen LogP contribution in [-0.2, 0) is 0 Å². The van der Waals surface area contributed by atoms with Crippen molar-refractivity contribution in [3.63, 3.8) is 0 Å². The molecular weight excluding hydrogens is 249 g/mol. The van der Waals surface area contributed by atoms with Crippen LogP contribution in [0.25, 0.3) is 0 Å². The molecule has 1 amide bonds. The molecule has 0 spiro atoms. The quantitative estimate of drug-likeness (QED) is 0.862. The highest BCUT2D eigenvalue weighted by atomic mass is 19.1. The fourth-order valence-electron chi connectivity index (χ4n) is 1.45. The van der Waals surface area contributed by atoms with Crippen LogP contribution in [0.5, 0.6) is 5.75 Å². The third-order valence-electron chi connectivity index (χ3n) is 2.35. The van der Waals surface area contributed by atoms with Gasteiger partial charge in [0.2, 0.25) is 0 Å². The summed E-state index contributed by atoms with van der Waals surface area (Å²) in [7, 11) is 0. The average Bonchev–Trinajstić information content (AvgIpc) is 2.39. The number of rotatable bonds is 2. The summed E-state index contributed by atoms with van der Waals surface area (Å²) in [5.74, 6) is -1.93. The highest BCUT2D eigenvalue weighted by Gasteiger charge is 2.16. The summed E-state index contributed by atoms with van der Waals surface area (Å²) in [4.78, 5) is 15.6. The SMILES string of the molecule is N#Cc1ccc(NC(=O)c2c(O)cccc2F)nc1. The molecule has 2 aromatic rings. The Morgan fingerprint density at radius 3 is 2.74 bits per heavy atom. The number of benzene rings is 1. The number of carbonyl (C=O) groups is 1. The Morgan fingerprint density at radius 2 is 2.16 bits per heavy atom. The predicted molar refractivity (Wildman–Crippen MR) is 65.0 cm³/mol. The first-order valence-corrected chi connectivity index (χ1v) is 5.27. The molecule has 0 fully saturated rings. The fourth-order valence-corrected chi connectivity index (χ4v) is 1.45. The van der Waals surface area contributed by atoms with Crippen molar-refractivity contribution < 1.29 is 14.3 Å². The fraction of sp³-hybridized carbons (Fsp3) is 0. The molecule has 0 bridgehead atoms. The van der Waals surface area contributed by atoms with Crippen LogP contribution in [0.15, 0.2) is 36.5 Å². The number of carbonyl (C=O) groups excluding carboxylic acids is 1. The molecule has 2 rings (SSSR count). The van der Waals surface area contributed by atoms with E-state index in [0.717, 1.165) is 6.07 Å². The van der Waals surface area contributed by atoms with Gasteiger partial charge in [-0.1, -0.05) is 6.07 Å². The van der Waals surface area contributed by atoms with Crippen LogP contribution in [0.4, 0.5) is 10.2 Å². The summed E-state index contributed by atoms with van der Waals surface area (Å²) in [6, 6.07) is 8.33. The zero-order chi connectivity index (χ0) is 13.8. The standard InChI is InChI=1S/C13H8FN3O2/c14-9-2-1-3-10(18)12(9)13(19)17-11-5-4-8(6-15)7-16-11/h1-5,7,18H,(H,16,17,19). The van der Waals surface area contributed by atoms with Crippen molar-refractivity contribution in [3.05, 3.63) is 53.5 Å². The zero-order valence-electron chi connectivity index (χ0n) is 9.59. The van der Waals surface area contributed by atoms with E-state index in [4.69, 9.17) is 5.26 Å². The number of phenols is 1. The Balaban J connectivity index is 2.23. The Hall–Kier alpha value is -2.94. The molecule has 6 heteroatoms.